The number of aromatic nitrogens is 2. The normalized spacial score (nSPS) is 11.8. The van der Waals surface area contributed by atoms with Crippen LogP contribution in [0.4, 0.5) is 0 Å². The molecule has 0 unspecified atom stereocenters. The van der Waals surface area contributed by atoms with Crippen molar-refractivity contribution < 1.29 is 0 Å². The molecule has 0 saturated carbocycles. The number of para-hydroxylation sites is 2. The first-order valence-electron chi connectivity index (χ1n) is 17.3. The van der Waals surface area contributed by atoms with Crippen molar-refractivity contribution in [2.45, 2.75) is 13.3 Å². The molecule has 0 aliphatic carbocycles. The fraction of sp³-hybridized carbons (Fsp3) is 0.0426. The van der Waals surface area contributed by atoms with Gasteiger partial charge in [0.25, 0.3) is 0 Å². The van der Waals surface area contributed by atoms with E-state index >= 15 is 0 Å². The van der Waals surface area contributed by atoms with Crippen LogP contribution in [0, 0.1) is 0 Å². The van der Waals surface area contributed by atoms with Crippen LogP contribution in [0.15, 0.2) is 164 Å². The Bertz CT molecular complexity index is 2890. The van der Waals surface area contributed by atoms with Crippen molar-refractivity contribution in [2.75, 3.05) is 0 Å². The Kier molecular flexibility index (Phi) is 6.68. The lowest BCUT2D eigenvalue weighted by molar-refractivity contribution is 0.908. The summed E-state index contributed by atoms with van der Waals surface area (Å²) in [4.78, 5) is 4.94. The molecular weight excluding hydrogens is 625 g/mol. The number of benzene rings is 8. The molecule has 0 radical (unpaired) electrons. The molecule has 10 rings (SSSR count). The monoisotopic (exact) mass is 656 g/mol. The lowest BCUT2D eigenvalue weighted by Gasteiger charge is -2.20. The van der Waals surface area contributed by atoms with Gasteiger partial charge in [0.15, 0.2) is 0 Å². The average Bonchev–Trinajstić information content (AvgIpc) is 3.76. The summed E-state index contributed by atoms with van der Waals surface area (Å²) in [5.74, 6) is 1.07. The van der Waals surface area contributed by atoms with Gasteiger partial charge >= 0.3 is 0 Å². The van der Waals surface area contributed by atoms with E-state index in [-0.39, 0.29) is 0 Å². The Balaban J connectivity index is 1.27. The fourth-order valence-electron chi connectivity index (χ4n) is 7.95. The molecule has 3 heteroatoms. The second-order valence-electron chi connectivity index (χ2n) is 13.0. The summed E-state index contributed by atoms with van der Waals surface area (Å²) in [7, 11) is 0. The summed E-state index contributed by atoms with van der Waals surface area (Å²) in [5, 5.41) is 7.69. The van der Waals surface area contributed by atoms with Crippen molar-refractivity contribution in [1.82, 2.24) is 9.55 Å². The van der Waals surface area contributed by atoms with Gasteiger partial charge in [-0.1, -0.05) is 128 Å². The van der Waals surface area contributed by atoms with E-state index in [4.69, 9.17) is 4.98 Å². The molecule has 0 aliphatic rings. The molecule has 0 atom stereocenters. The lowest BCUT2D eigenvalue weighted by Crippen LogP contribution is -2.00. The summed E-state index contributed by atoms with van der Waals surface area (Å²) in [6, 6.07) is 60.0. The van der Waals surface area contributed by atoms with Crippen LogP contribution in [-0.4, -0.2) is 9.55 Å². The highest BCUT2D eigenvalue weighted by Crippen LogP contribution is 2.48. The van der Waals surface area contributed by atoms with Gasteiger partial charge in [-0.2, -0.15) is 0 Å². The van der Waals surface area contributed by atoms with Crippen molar-refractivity contribution >= 4 is 64.1 Å². The van der Waals surface area contributed by atoms with Crippen molar-refractivity contribution in [1.29, 1.82) is 0 Å². The summed E-state index contributed by atoms with van der Waals surface area (Å²) in [5.41, 5.74) is 10.8. The summed E-state index contributed by atoms with van der Waals surface area (Å²) in [6.45, 7) is 2.18. The molecule has 0 amide bonds. The zero-order valence-electron chi connectivity index (χ0n) is 27.6. The van der Waals surface area contributed by atoms with E-state index in [1.807, 2.05) is 11.3 Å². The molecule has 2 aromatic heterocycles. The number of nitrogens with zero attached hydrogens (tertiary/aromatic N) is 2. The van der Waals surface area contributed by atoms with E-state index in [0.29, 0.717) is 0 Å². The van der Waals surface area contributed by atoms with Crippen LogP contribution in [0.25, 0.3) is 91.8 Å². The van der Waals surface area contributed by atoms with E-state index in [2.05, 4.69) is 175 Å². The van der Waals surface area contributed by atoms with Gasteiger partial charge in [0.05, 0.1) is 11.0 Å². The maximum absolute atomic E-state index is 4.94. The average molecular weight is 657 g/mol. The predicted octanol–water partition coefficient (Wildman–Crippen LogP) is 13.3. The number of hydrogen-bond acceptors (Lipinski definition) is 2. The predicted molar refractivity (Wildman–Crippen MR) is 215 cm³/mol. The molecule has 50 heavy (non-hydrogen) atoms. The van der Waals surface area contributed by atoms with Crippen molar-refractivity contribution in [3.63, 3.8) is 0 Å². The van der Waals surface area contributed by atoms with Gasteiger partial charge in [0.2, 0.25) is 0 Å². The highest BCUT2D eigenvalue weighted by Gasteiger charge is 2.21. The largest absolute Gasteiger partial charge is 0.296 e. The second-order valence-corrected chi connectivity index (χ2v) is 14.0. The third-order valence-corrected chi connectivity index (χ3v) is 11.3. The fourth-order valence-corrected chi connectivity index (χ4v) is 9.08. The van der Waals surface area contributed by atoms with Crippen molar-refractivity contribution in [2.24, 2.45) is 0 Å². The molecular formula is C47H32N2S. The van der Waals surface area contributed by atoms with Gasteiger partial charge < -0.3 is 0 Å². The van der Waals surface area contributed by atoms with Crippen LogP contribution in [0.2, 0.25) is 0 Å². The number of imidazole rings is 1. The van der Waals surface area contributed by atoms with Crippen LogP contribution in [0.3, 0.4) is 0 Å². The van der Waals surface area contributed by atoms with Gasteiger partial charge in [0, 0.05) is 32.3 Å². The first-order valence-corrected chi connectivity index (χ1v) is 18.1. The van der Waals surface area contributed by atoms with Gasteiger partial charge in [-0.3, -0.25) is 4.57 Å². The highest BCUT2D eigenvalue weighted by atomic mass is 32.1. The maximum atomic E-state index is 4.94. The maximum Gasteiger partial charge on any atom is 0.114 e. The van der Waals surface area contributed by atoms with Gasteiger partial charge in [-0.15, -0.1) is 11.3 Å². The first kappa shape index (κ1) is 28.9. The molecule has 10 aromatic rings. The van der Waals surface area contributed by atoms with E-state index in [9.17, 15) is 0 Å². The van der Waals surface area contributed by atoms with Crippen LogP contribution in [0.5, 0.6) is 0 Å². The second kappa shape index (κ2) is 11.5. The first-order chi connectivity index (χ1) is 24.8. The summed E-state index contributed by atoms with van der Waals surface area (Å²) < 4.78 is 4.94. The number of rotatable bonds is 5. The molecule has 0 fully saturated rings. The molecule has 0 saturated heterocycles. The van der Waals surface area contributed by atoms with Gasteiger partial charge in [0.1, 0.15) is 5.82 Å². The quantitative estimate of drug-likeness (QED) is 0.169. The zero-order chi connectivity index (χ0) is 33.2. The van der Waals surface area contributed by atoms with Crippen LogP contribution in [-0.2, 0) is 6.42 Å². The number of aryl methyl sites for hydroxylation is 1. The van der Waals surface area contributed by atoms with E-state index in [1.54, 1.807) is 0 Å². The molecule has 2 nitrogen and oxygen atoms in total. The van der Waals surface area contributed by atoms with E-state index < -0.39 is 0 Å². The molecule has 8 aromatic carbocycles. The molecule has 236 valence electrons. The van der Waals surface area contributed by atoms with E-state index in [0.717, 1.165) is 29.0 Å². The minimum Gasteiger partial charge on any atom is -0.296 e. The minimum absolute atomic E-state index is 0.864. The number of hydrogen-bond donors (Lipinski definition) is 0. The van der Waals surface area contributed by atoms with Gasteiger partial charge in [-0.25, -0.2) is 4.98 Å². The Hall–Kier alpha value is -6.03. The van der Waals surface area contributed by atoms with Crippen LogP contribution >= 0.6 is 11.3 Å². The Morgan fingerprint density at radius 3 is 1.98 bits per heavy atom. The smallest absolute Gasteiger partial charge is 0.114 e. The van der Waals surface area contributed by atoms with Crippen LogP contribution < -0.4 is 0 Å². The standard InChI is InChI=1S/C47H32N2S/c1-2-44-48-40-19-9-10-20-41(40)49(44)33-26-23-31(24-27-33)45-34-15-6-7-16-35(34)46(39-29-32(25-28-36(39)45)30-13-4-3-5-14-30)38-18-12-22-43-47(38)37-17-8-11-21-42(37)50-43/h3-29H,2H2,1H3. The van der Waals surface area contributed by atoms with Gasteiger partial charge in [-0.05, 0) is 97.4 Å². The van der Waals surface area contributed by atoms with Crippen molar-refractivity contribution in [3.8, 4) is 39.1 Å². The molecule has 2 heterocycles. The summed E-state index contributed by atoms with van der Waals surface area (Å²) in [6.07, 6.45) is 0.864. The number of fused-ring (bicyclic) bond motifs is 6. The lowest BCUT2D eigenvalue weighted by atomic mass is 9.84. The molecule has 0 spiro atoms. The third-order valence-electron chi connectivity index (χ3n) is 10.2. The Labute approximate surface area is 294 Å². The van der Waals surface area contributed by atoms with Crippen LogP contribution in [0.1, 0.15) is 12.7 Å². The number of thiophene rings is 1. The Morgan fingerprint density at radius 1 is 0.500 bits per heavy atom. The van der Waals surface area contributed by atoms with Crippen molar-refractivity contribution in [3.05, 3.63) is 170 Å². The zero-order valence-corrected chi connectivity index (χ0v) is 28.4. The molecule has 0 aliphatic heterocycles. The Morgan fingerprint density at radius 2 is 1.16 bits per heavy atom. The van der Waals surface area contributed by atoms with E-state index in [1.165, 1.54) is 75.1 Å². The SMILES string of the molecule is CCc1nc2ccccc2n1-c1ccc(-c2c3ccccc3c(-c3cccc4sc5ccccc5c34)c3cc(-c4ccccc4)ccc23)cc1. The molecule has 0 bridgehead atoms. The topological polar surface area (TPSA) is 17.8 Å². The highest BCUT2D eigenvalue weighted by molar-refractivity contribution is 7.25. The third kappa shape index (κ3) is 4.44. The summed E-state index contributed by atoms with van der Waals surface area (Å²) >= 11 is 1.88. The minimum atomic E-state index is 0.864. The molecule has 0 N–H and O–H groups in total.